The van der Waals surface area contributed by atoms with E-state index in [9.17, 15) is 14.0 Å². The Morgan fingerprint density at radius 1 is 0.542 bits per heavy atom. The van der Waals surface area contributed by atoms with Crippen LogP contribution in [-0.4, -0.2) is 137 Å². The second-order valence-electron chi connectivity index (χ2n) is 21.2. The number of benzene rings is 4. The Bertz CT molecular complexity index is 2860. The van der Waals surface area contributed by atoms with Crippen molar-refractivity contribution in [3.63, 3.8) is 0 Å². The van der Waals surface area contributed by atoms with Crippen molar-refractivity contribution in [1.82, 2.24) is 20.4 Å². The third-order valence-corrected chi connectivity index (χ3v) is 13.3. The number of nitrogens with one attached hydrogen (secondary N) is 2. The number of nitrogens with zero attached hydrogens (tertiary/aromatic N) is 8. The monoisotopic (exact) mass is 1300 g/mol. The van der Waals surface area contributed by atoms with Crippen LogP contribution >= 0.6 is 44.3 Å². The number of carbonyl (C=O) groups excluding carboxylic acids is 2. The van der Waals surface area contributed by atoms with Crippen LogP contribution in [0.15, 0.2) is 81.7 Å². The maximum atomic E-state index is 12.6. The molecule has 4 aromatic carbocycles. The van der Waals surface area contributed by atoms with E-state index in [-0.39, 0.29) is 78.0 Å². The number of anilines is 2. The Labute approximate surface area is 537 Å². The molecule has 83 heavy (non-hydrogen) atoms. The molecule has 3 aliphatic heterocycles. The first-order valence-electron chi connectivity index (χ1n) is 26.2. The molecule has 4 aromatic rings. The van der Waals surface area contributed by atoms with Crippen LogP contribution in [0.2, 0.25) is 0 Å². The summed E-state index contributed by atoms with van der Waals surface area (Å²) in [6, 6.07) is 22.7. The molecule has 0 bridgehead atoms. The molecule has 0 unspecified atom stereocenters. The van der Waals surface area contributed by atoms with Gasteiger partial charge in [0.15, 0.2) is 0 Å². The van der Waals surface area contributed by atoms with Gasteiger partial charge in [-0.05, 0) is 119 Å². The van der Waals surface area contributed by atoms with Crippen molar-refractivity contribution in [2.24, 2.45) is 0 Å². The van der Waals surface area contributed by atoms with Gasteiger partial charge in [0, 0.05) is 95.8 Å². The zero-order chi connectivity index (χ0) is 61.4. The van der Waals surface area contributed by atoms with Gasteiger partial charge < -0.3 is 59.0 Å². The predicted molar refractivity (Wildman–Crippen MR) is 332 cm³/mol. The topological polar surface area (TPSA) is 158 Å². The Balaban J connectivity index is 0.00000104. The molecule has 3 saturated heterocycles. The first-order valence-corrected chi connectivity index (χ1v) is 27.8. The van der Waals surface area contributed by atoms with E-state index in [0.717, 1.165) is 49.1 Å². The van der Waals surface area contributed by atoms with Gasteiger partial charge in [-0.2, -0.15) is 7.11 Å². The van der Waals surface area contributed by atoms with Crippen molar-refractivity contribution in [1.29, 1.82) is 0 Å². The van der Waals surface area contributed by atoms with Crippen LogP contribution in [0.5, 0.6) is 17.2 Å². The summed E-state index contributed by atoms with van der Waals surface area (Å²) < 4.78 is 40.6. The Hall–Kier alpha value is -5.56. The van der Waals surface area contributed by atoms with E-state index in [2.05, 4.69) is 99.4 Å². The third-order valence-electron chi connectivity index (χ3n) is 12.3. The second kappa shape index (κ2) is 37.7. The van der Waals surface area contributed by atoms with Gasteiger partial charge >= 0.3 is 41.7 Å². The van der Waals surface area contributed by atoms with Crippen LogP contribution in [-0.2, 0) is 9.47 Å². The molecule has 3 fully saturated rings. The maximum Gasteiger partial charge on any atom is 1.00 e. The number of rotatable bonds is 5. The SMILES string of the molecule is C[C@@H]1CN[C@@H](C)CN1C(=O)OC(C)(C)C.C[O-].Cl.[C-]#[N+]c1ccc(Br)cc1F.[C-]#[N+]c1ccc(Br)cc1OC.[C-]#[N+]c1ccc(N2C[C@@H](C)N(C(=O)OC(C)(C)C)C[C@@H]2C)cc1OC.[C-]#[N+]c1ccc(N2C[C@@H](C)NC[C@@H]2C)cc1OC.[Na+]. The van der Waals surface area contributed by atoms with Crippen molar-refractivity contribution in [3.05, 3.63) is 133 Å². The van der Waals surface area contributed by atoms with E-state index in [1.54, 1.807) is 55.4 Å². The smallest absolute Gasteiger partial charge is 0.857 e. The largest absolute Gasteiger partial charge is 1.00 e. The second-order valence-corrected chi connectivity index (χ2v) is 23.0. The van der Waals surface area contributed by atoms with Crippen molar-refractivity contribution in [2.75, 3.05) is 77.5 Å². The zero-order valence-corrected chi connectivity index (χ0v) is 57.0. The average molecular weight is 1310 g/mol. The van der Waals surface area contributed by atoms with Gasteiger partial charge in [-0.25, -0.2) is 33.4 Å². The summed E-state index contributed by atoms with van der Waals surface area (Å²) in [7, 11) is 5.48. The molecule has 3 heterocycles. The quantitative estimate of drug-likeness (QED) is 0.144. The molecule has 448 valence electrons. The number of hydrogen-bond acceptors (Lipinski definition) is 12. The normalized spacial score (nSPS) is 18.7. The summed E-state index contributed by atoms with van der Waals surface area (Å²) in [6.07, 6.45) is -0.476. The van der Waals surface area contributed by atoms with E-state index in [4.69, 9.17) is 55.1 Å². The molecule has 18 nitrogen and oxygen atoms in total. The number of ether oxygens (including phenoxy) is 5. The van der Waals surface area contributed by atoms with Gasteiger partial charge in [0.2, 0.25) is 22.7 Å². The van der Waals surface area contributed by atoms with Crippen molar-refractivity contribution in [2.45, 2.75) is 131 Å². The fourth-order valence-electron chi connectivity index (χ4n) is 8.23. The maximum absolute atomic E-state index is 12.6. The van der Waals surface area contributed by atoms with Gasteiger partial charge in [0.05, 0.1) is 47.6 Å². The molecule has 2 amide bonds. The van der Waals surface area contributed by atoms with Crippen molar-refractivity contribution < 1.29 is 72.3 Å². The molecule has 7 rings (SSSR count). The number of methoxy groups -OCH3 is 3. The molecule has 0 aromatic heterocycles. The zero-order valence-electron chi connectivity index (χ0n) is 51.0. The number of piperazine rings is 3. The molecule has 2 N–H and O–H groups in total. The Morgan fingerprint density at radius 2 is 0.904 bits per heavy atom. The minimum atomic E-state index is -0.500. The molecule has 0 saturated carbocycles. The Morgan fingerprint density at radius 3 is 1.31 bits per heavy atom. The molecule has 6 atom stereocenters. The summed E-state index contributed by atoms with van der Waals surface area (Å²) >= 11 is 6.37. The van der Waals surface area contributed by atoms with Gasteiger partial charge in [0.1, 0.15) is 34.3 Å². The standard InChI is InChI=1S/C19H27N3O3.C14H19N3O.C11H22N2O2.C8H6BrNO.C7H3BrFN.CH3O.ClH.Na/c1-13-12-22(18(23)25-19(3,4)5)14(2)11-21(13)15-8-9-16(20-6)17(10-15)24-7;1-10-9-17(11(2)8-16-10)12-5-6-13(15-3)14(7-12)18-4;1-8-7-13(9(2)6-12-8)10(14)15-11(3,4)5;1-10-7-4-3-6(9)5-8(7)11-2;1-10-7-3-2-5(8)4-6(7)9;1-2;;/h8-10,13-14H,11-12H2,1-5,7H3;5-7,10-11,16H,8-9H2,1-2,4H3;8-9,12H,6-7H2,1-5H3;3-5H,2H3;2-4H;1H3;1H;/q;;;;;-1;;+1/t13-,14+;10-,11+;8-,9+;;;;;/m010...../s1. The molecule has 0 aliphatic carbocycles. The first-order chi connectivity index (χ1) is 38.1. The summed E-state index contributed by atoms with van der Waals surface area (Å²) in [5.41, 5.74) is 2.87. The van der Waals surface area contributed by atoms with E-state index >= 15 is 0 Å². The van der Waals surface area contributed by atoms with Crippen LogP contribution in [0, 0.1) is 32.1 Å². The minimum Gasteiger partial charge on any atom is -0.857 e. The van der Waals surface area contributed by atoms with E-state index < -0.39 is 17.0 Å². The third kappa shape index (κ3) is 25.7. The molecule has 3 aliphatic rings. The summed E-state index contributed by atoms with van der Waals surface area (Å²) in [4.78, 5) is 45.6. The van der Waals surface area contributed by atoms with Crippen LogP contribution in [0.3, 0.4) is 0 Å². The fraction of sp³-hybridized carbons (Fsp3) is 0.500. The molecule has 0 radical (unpaired) electrons. The van der Waals surface area contributed by atoms with Crippen LogP contribution in [0.1, 0.15) is 83.1 Å². The van der Waals surface area contributed by atoms with Crippen LogP contribution in [0.4, 0.5) is 48.1 Å². The number of amides is 2. The Kier molecular flexibility index (Phi) is 35.2. The van der Waals surface area contributed by atoms with Gasteiger partial charge in [0.25, 0.3) is 0 Å². The average Bonchev–Trinajstić information content (AvgIpc) is 3.60. The van der Waals surface area contributed by atoms with Gasteiger partial charge in [-0.3, -0.25) is 0 Å². The summed E-state index contributed by atoms with van der Waals surface area (Å²) in [5, 5.41) is 15.0. The number of halogens is 4. The van der Waals surface area contributed by atoms with Gasteiger partial charge in [-0.1, -0.05) is 68.3 Å². The molecule has 0 spiro atoms. The molecular weight excluding hydrogens is 1230 g/mol. The van der Waals surface area contributed by atoms with Crippen molar-refractivity contribution in [3.8, 4) is 17.2 Å². The summed E-state index contributed by atoms with van der Waals surface area (Å²) in [6.45, 7) is 56.3. The minimum absolute atomic E-state index is 0. The van der Waals surface area contributed by atoms with E-state index in [0.29, 0.717) is 70.0 Å². The van der Waals surface area contributed by atoms with E-state index in [1.165, 1.54) is 12.1 Å². The van der Waals surface area contributed by atoms with Crippen molar-refractivity contribution >= 4 is 90.6 Å². The molecular formula is C60H81Br2ClFN10NaO8. The first kappa shape index (κ1) is 77.4. The number of hydrogen-bond donors (Lipinski definition) is 2. The van der Waals surface area contributed by atoms with E-state index in [1.807, 2.05) is 91.8 Å². The predicted octanol–water partition coefficient (Wildman–Crippen LogP) is 10.7. The fourth-order valence-corrected chi connectivity index (χ4v) is 8.90. The number of carbonyl (C=O) groups is 2. The molecule has 23 heteroatoms. The van der Waals surface area contributed by atoms with Crippen LogP contribution < -0.4 is 69.3 Å². The van der Waals surface area contributed by atoms with Crippen LogP contribution in [0.25, 0.3) is 19.4 Å². The van der Waals surface area contributed by atoms with Gasteiger partial charge in [-0.15, -0.1) is 12.4 Å². The summed E-state index contributed by atoms with van der Waals surface area (Å²) in [5.74, 6) is 1.35.